The summed E-state index contributed by atoms with van der Waals surface area (Å²) in [6, 6.07) is 16.3. The van der Waals surface area contributed by atoms with Crippen LogP contribution in [0.2, 0.25) is 0 Å². The van der Waals surface area contributed by atoms with Gasteiger partial charge in [-0.15, -0.1) is 0 Å². The zero-order valence-corrected chi connectivity index (χ0v) is 10.7. The third kappa shape index (κ3) is 1.67. The Morgan fingerprint density at radius 3 is 2.32 bits per heavy atom. The van der Waals surface area contributed by atoms with Crippen molar-refractivity contribution < 1.29 is 9.84 Å². The van der Waals surface area contributed by atoms with Crippen molar-refractivity contribution in [3.05, 3.63) is 65.2 Å². The molecule has 96 valence electrons. The molecule has 0 saturated heterocycles. The summed E-state index contributed by atoms with van der Waals surface area (Å²) < 4.78 is 6.27. The van der Waals surface area contributed by atoms with Crippen molar-refractivity contribution in [2.45, 2.75) is 31.0 Å². The van der Waals surface area contributed by atoms with Crippen LogP contribution >= 0.6 is 0 Å². The van der Waals surface area contributed by atoms with Gasteiger partial charge in [-0.1, -0.05) is 42.5 Å². The Morgan fingerprint density at radius 1 is 0.947 bits per heavy atom. The number of ether oxygens (including phenoxy) is 1. The van der Waals surface area contributed by atoms with Crippen LogP contribution in [0.25, 0.3) is 0 Å². The van der Waals surface area contributed by atoms with E-state index in [1.54, 1.807) is 0 Å². The van der Waals surface area contributed by atoms with Gasteiger partial charge < -0.3 is 9.84 Å². The van der Waals surface area contributed by atoms with Crippen molar-refractivity contribution >= 4 is 0 Å². The van der Waals surface area contributed by atoms with Gasteiger partial charge in [-0.2, -0.15) is 0 Å². The summed E-state index contributed by atoms with van der Waals surface area (Å²) in [4.78, 5) is 0. The van der Waals surface area contributed by atoms with E-state index < -0.39 is 6.10 Å². The average Bonchev–Trinajstić information content (AvgIpc) is 2.75. The molecular formula is C17H16O2. The summed E-state index contributed by atoms with van der Waals surface area (Å²) in [7, 11) is 0. The van der Waals surface area contributed by atoms with Crippen LogP contribution < -0.4 is 4.74 Å². The van der Waals surface area contributed by atoms with E-state index in [0.717, 1.165) is 24.2 Å². The molecule has 2 aromatic rings. The molecule has 0 fully saturated rings. The van der Waals surface area contributed by atoms with Crippen molar-refractivity contribution in [1.82, 2.24) is 0 Å². The number of fused-ring (bicyclic) bond motifs is 2. The van der Waals surface area contributed by atoms with E-state index in [0.29, 0.717) is 6.42 Å². The molecule has 0 aromatic heterocycles. The van der Waals surface area contributed by atoms with E-state index in [-0.39, 0.29) is 5.60 Å². The highest BCUT2D eigenvalue weighted by molar-refractivity contribution is 5.42. The molecule has 2 heteroatoms. The van der Waals surface area contributed by atoms with E-state index in [4.69, 9.17) is 4.74 Å². The van der Waals surface area contributed by atoms with Gasteiger partial charge in [0.1, 0.15) is 11.4 Å². The molecule has 1 N–H and O–H groups in total. The first kappa shape index (κ1) is 11.1. The van der Waals surface area contributed by atoms with Gasteiger partial charge in [-0.05, 0) is 17.2 Å². The van der Waals surface area contributed by atoms with Gasteiger partial charge in [0.05, 0.1) is 6.10 Å². The minimum absolute atomic E-state index is 0.253. The molecule has 0 amide bonds. The first-order valence-electron chi connectivity index (χ1n) is 6.79. The number of rotatable bonds is 0. The Kier molecular flexibility index (Phi) is 2.24. The van der Waals surface area contributed by atoms with Crippen molar-refractivity contribution in [3.8, 4) is 5.75 Å². The number of benzene rings is 2. The van der Waals surface area contributed by atoms with Crippen LogP contribution in [0.3, 0.4) is 0 Å². The molecular weight excluding hydrogens is 236 g/mol. The van der Waals surface area contributed by atoms with Gasteiger partial charge in [0.2, 0.25) is 0 Å². The van der Waals surface area contributed by atoms with E-state index in [9.17, 15) is 5.11 Å². The molecule has 1 spiro atoms. The SMILES string of the molecule is OC1CC2(Cc3ccccc3C2)Oc2ccccc21. The fourth-order valence-electron chi connectivity index (χ4n) is 3.46. The average molecular weight is 252 g/mol. The Balaban J connectivity index is 1.73. The van der Waals surface area contributed by atoms with Gasteiger partial charge in [0, 0.05) is 24.8 Å². The van der Waals surface area contributed by atoms with Crippen LogP contribution in [0.1, 0.15) is 29.2 Å². The van der Waals surface area contributed by atoms with Crippen LogP contribution in [-0.4, -0.2) is 10.7 Å². The van der Waals surface area contributed by atoms with E-state index in [1.165, 1.54) is 11.1 Å². The monoisotopic (exact) mass is 252 g/mol. The van der Waals surface area contributed by atoms with Crippen LogP contribution in [0, 0.1) is 0 Å². The Morgan fingerprint density at radius 2 is 1.58 bits per heavy atom. The summed E-state index contributed by atoms with van der Waals surface area (Å²) >= 11 is 0. The summed E-state index contributed by atoms with van der Waals surface area (Å²) in [5.41, 5.74) is 3.38. The molecule has 0 bridgehead atoms. The van der Waals surface area contributed by atoms with Gasteiger partial charge >= 0.3 is 0 Å². The predicted molar refractivity (Wildman–Crippen MR) is 73.2 cm³/mol. The second-order valence-electron chi connectivity index (χ2n) is 5.67. The second-order valence-corrected chi connectivity index (χ2v) is 5.67. The molecule has 0 saturated carbocycles. The Bertz CT molecular complexity index is 608. The molecule has 4 rings (SSSR count). The molecule has 1 heterocycles. The molecule has 1 atom stereocenters. The van der Waals surface area contributed by atoms with E-state index in [1.807, 2.05) is 24.3 Å². The lowest BCUT2D eigenvalue weighted by molar-refractivity contribution is -0.00703. The Labute approximate surface area is 112 Å². The number of para-hydroxylation sites is 1. The minimum atomic E-state index is -0.417. The number of aliphatic hydroxyl groups is 1. The second kappa shape index (κ2) is 3.84. The normalized spacial score (nSPS) is 22.7. The maximum absolute atomic E-state index is 10.4. The third-order valence-corrected chi connectivity index (χ3v) is 4.31. The number of aliphatic hydroxyl groups excluding tert-OH is 1. The number of hydrogen-bond acceptors (Lipinski definition) is 2. The molecule has 19 heavy (non-hydrogen) atoms. The molecule has 1 aliphatic carbocycles. The van der Waals surface area contributed by atoms with Crippen LogP contribution in [-0.2, 0) is 12.8 Å². The zero-order chi connectivity index (χ0) is 12.9. The fraction of sp³-hybridized carbons (Fsp3) is 0.294. The van der Waals surface area contributed by atoms with Crippen LogP contribution in [0.5, 0.6) is 5.75 Å². The van der Waals surface area contributed by atoms with Crippen molar-refractivity contribution in [1.29, 1.82) is 0 Å². The molecule has 0 radical (unpaired) electrons. The summed E-state index contributed by atoms with van der Waals surface area (Å²) in [6.45, 7) is 0. The predicted octanol–water partition coefficient (Wildman–Crippen LogP) is 3.04. The smallest absolute Gasteiger partial charge is 0.125 e. The topological polar surface area (TPSA) is 29.5 Å². The lowest BCUT2D eigenvalue weighted by atomic mass is 9.86. The minimum Gasteiger partial charge on any atom is -0.486 e. The Hall–Kier alpha value is -1.80. The van der Waals surface area contributed by atoms with Crippen LogP contribution in [0.15, 0.2) is 48.5 Å². The highest BCUT2D eigenvalue weighted by atomic mass is 16.5. The lowest BCUT2D eigenvalue weighted by Gasteiger charge is -2.38. The summed E-state index contributed by atoms with van der Waals surface area (Å²) in [6.07, 6.45) is 2.06. The molecule has 2 aromatic carbocycles. The van der Waals surface area contributed by atoms with Crippen molar-refractivity contribution in [3.63, 3.8) is 0 Å². The first-order valence-corrected chi connectivity index (χ1v) is 6.79. The number of hydrogen-bond donors (Lipinski definition) is 1. The molecule has 1 unspecified atom stereocenters. The standard InChI is InChI=1S/C17H16O2/c18-15-11-17(19-16-8-4-3-7-14(15)16)9-12-5-1-2-6-13(12)10-17/h1-8,15,18H,9-11H2. The van der Waals surface area contributed by atoms with Crippen LogP contribution in [0.4, 0.5) is 0 Å². The van der Waals surface area contributed by atoms with E-state index >= 15 is 0 Å². The highest BCUT2D eigenvalue weighted by Gasteiger charge is 2.44. The highest BCUT2D eigenvalue weighted by Crippen LogP contribution is 2.45. The van der Waals surface area contributed by atoms with Gasteiger partial charge in [0.15, 0.2) is 0 Å². The van der Waals surface area contributed by atoms with Gasteiger partial charge in [-0.3, -0.25) is 0 Å². The first-order chi connectivity index (χ1) is 9.26. The lowest BCUT2D eigenvalue weighted by Crippen LogP contribution is -2.42. The van der Waals surface area contributed by atoms with Crippen molar-refractivity contribution in [2.75, 3.05) is 0 Å². The summed E-state index contributed by atoms with van der Waals surface area (Å²) in [5.74, 6) is 0.842. The molecule has 2 nitrogen and oxygen atoms in total. The maximum Gasteiger partial charge on any atom is 0.125 e. The quantitative estimate of drug-likeness (QED) is 0.781. The summed E-state index contributed by atoms with van der Waals surface area (Å²) in [5, 5.41) is 10.4. The van der Waals surface area contributed by atoms with Gasteiger partial charge in [-0.25, -0.2) is 0 Å². The third-order valence-electron chi connectivity index (χ3n) is 4.31. The van der Waals surface area contributed by atoms with Gasteiger partial charge in [0.25, 0.3) is 0 Å². The van der Waals surface area contributed by atoms with E-state index in [2.05, 4.69) is 24.3 Å². The maximum atomic E-state index is 10.4. The fourth-order valence-corrected chi connectivity index (χ4v) is 3.46. The largest absolute Gasteiger partial charge is 0.486 e. The zero-order valence-electron chi connectivity index (χ0n) is 10.7. The van der Waals surface area contributed by atoms with Crippen molar-refractivity contribution in [2.24, 2.45) is 0 Å². The molecule has 1 aliphatic heterocycles. The molecule has 2 aliphatic rings.